The molecule has 1 saturated carbocycles. The second-order valence-electron chi connectivity index (χ2n) is 5.88. The van der Waals surface area contributed by atoms with Crippen LogP contribution in [-0.2, 0) is 4.79 Å². The van der Waals surface area contributed by atoms with Crippen molar-refractivity contribution < 1.29 is 4.79 Å². The van der Waals surface area contributed by atoms with Gasteiger partial charge in [0.2, 0.25) is 5.91 Å². The average Bonchev–Trinajstić information content (AvgIpc) is 2.36. The Kier molecular flexibility index (Phi) is 4.69. The van der Waals surface area contributed by atoms with E-state index < -0.39 is 0 Å². The molecule has 114 valence electrons. The summed E-state index contributed by atoms with van der Waals surface area (Å²) in [6, 6.07) is 2.06. The van der Waals surface area contributed by atoms with Crippen LogP contribution in [0.25, 0.3) is 0 Å². The number of aromatic nitrogens is 1. The Morgan fingerprint density at radius 1 is 1.38 bits per heavy atom. The van der Waals surface area contributed by atoms with Gasteiger partial charge in [-0.3, -0.25) is 4.79 Å². The molecule has 1 aromatic heterocycles. The third-order valence-electron chi connectivity index (χ3n) is 4.33. The number of carbonyl (C=O) groups is 1. The Morgan fingerprint density at radius 3 is 2.86 bits per heavy atom. The smallest absolute Gasteiger partial charge is 0.223 e. The molecule has 1 amide bonds. The van der Waals surface area contributed by atoms with Gasteiger partial charge in [0.05, 0.1) is 5.02 Å². The summed E-state index contributed by atoms with van der Waals surface area (Å²) in [6.45, 7) is 1.72. The zero-order chi connectivity index (χ0) is 14.8. The van der Waals surface area contributed by atoms with Crippen LogP contribution in [0.5, 0.6) is 0 Å². The highest BCUT2D eigenvalue weighted by Gasteiger charge is 2.29. The number of halogens is 2. The van der Waals surface area contributed by atoms with Gasteiger partial charge in [-0.15, -0.1) is 0 Å². The number of nitrogens with zero attached hydrogens (tertiary/aromatic N) is 2. The average molecular weight is 373 g/mol. The molecule has 0 spiro atoms. The summed E-state index contributed by atoms with van der Waals surface area (Å²) < 4.78 is 0.878. The summed E-state index contributed by atoms with van der Waals surface area (Å²) in [4.78, 5) is 18.7. The van der Waals surface area contributed by atoms with Gasteiger partial charge in [0.15, 0.2) is 0 Å². The first-order valence-electron chi connectivity index (χ1n) is 7.50. The first-order chi connectivity index (χ1) is 10.1. The Labute approximate surface area is 138 Å². The molecule has 1 N–H and O–H groups in total. The Hall–Kier alpha value is -0.810. The number of amides is 1. The van der Waals surface area contributed by atoms with Crippen LogP contribution in [0.3, 0.4) is 0 Å². The molecule has 4 nitrogen and oxygen atoms in total. The molecule has 2 heterocycles. The van der Waals surface area contributed by atoms with Crippen molar-refractivity contribution in [1.29, 1.82) is 0 Å². The Bertz CT molecular complexity index is 536. The number of anilines is 1. The van der Waals surface area contributed by atoms with Crippen molar-refractivity contribution >= 4 is 39.3 Å². The number of hydrogen-bond acceptors (Lipinski definition) is 3. The lowest BCUT2D eigenvalue weighted by Crippen LogP contribution is -2.50. The molecule has 3 rings (SSSR count). The zero-order valence-electron chi connectivity index (χ0n) is 11.8. The van der Waals surface area contributed by atoms with Crippen LogP contribution in [0.4, 0.5) is 5.82 Å². The van der Waals surface area contributed by atoms with Gasteiger partial charge in [-0.25, -0.2) is 4.98 Å². The van der Waals surface area contributed by atoms with Crippen LogP contribution in [0.2, 0.25) is 5.02 Å². The fraction of sp³-hybridized carbons (Fsp3) is 0.600. The maximum Gasteiger partial charge on any atom is 0.223 e. The molecule has 0 bridgehead atoms. The van der Waals surface area contributed by atoms with Crippen molar-refractivity contribution in [2.45, 2.75) is 38.1 Å². The van der Waals surface area contributed by atoms with Crippen LogP contribution in [0.15, 0.2) is 16.7 Å². The molecule has 2 aliphatic rings. The van der Waals surface area contributed by atoms with Crippen molar-refractivity contribution in [3.05, 3.63) is 21.8 Å². The van der Waals surface area contributed by atoms with Crippen LogP contribution >= 0.6 is 27.5 Å². The Balaban J connectivity index is 1.63. The fourth-order valence-electron chi connectivity index (χ4n) is 2.92. The van der Waals surface area contributed by atoms with E-state index >= 15 is 0 Å². The zero-order valence-corrected chi connectivity index (χ0v) is 14.2. The van der Waals surface area contributed by atoms with Gasteiger partial charge in [0, 0.05) is 35.7 Å². The van der Waals surface area contributed by atoms with Crippen LogP contribution in [0, 0.1) is 5.92 Å². The predicted molar refractivity (Wildman–Crippen MR) is 87.7 cm³/mol. The van der Waals surface area contributed by atoms with E-state index in [1.54, 1.807) is 6.20 Å². The van der Waals surface area contributed by atoms with Crippen molar-refractivity contribution in [2.24, 2.45) is 5.92 Å². The van der Waals surface area contributed by atoms with E-state index in [0.29, 0.717) is 5.02 Å². The third kappa shape index (κ3) is 3.51. The van der Waals surface area contributed by atoms with Gasteiger partial charge >= 0.3 is 0 Å². The van der Waals surface area contributed by atoms with Crippen LogP contribution in [-0.4, -0.2) is 30.0 Å². The number of hydrogen-bond donors (Lipinski definition) is 1. The predicted octanol–water partition coefficient (Wildman–Crippen LogP) is 3.38. The standard InChI is InChI=1S/C15H19BrClN3O/c16-11-7-13(17)14(18-8-11)20-6-2-5-12(9-20)19-15(21)10-3-1-4-10/h7-8,10,12H,1-6,9H2,(H,19,21). The first kappa shape index (κ1) is 15.1. The summed E-state index contributed by atoms with van der Waals surface area (Å²) in [7, 11) is 0. The van der Waals surface area contributed by atoms with E-state index in [9.17, 15) is 4.79 Å². The lowest BCUT2D eigenvalue weighted by molar-refractivity contribution is -0.128. The molecule has 1 atom stereocenters. The highest BCUT2D eigenvalue weighted by Crippen LogP contribution is 2.29. The molecular formula is C15H19BrClN3O. The van der Waals surface area contributed by atoms with Crippen LogP contribution in [0.1, 0.15) is 32.1 Å². The number of carbonyl (C=O) groups excluding carboxylic acids is 1. The summed E-state index contributed by atoms with van der Waals surface area (Å²) in [5.41, 5.74) is 0. The Morgan fingerprint density at radius 2 is 2.19 bits per heavy atom. The molecular weight excluding hydrogens is 354 g/mol. The molecule has 0 radical (unpaired) electrons. The van der Waals surface area contributed by atoms with Crippen molar-refractivity contribution in [3.8, 4) is 0 Å². The number of nitrogens with one attached hydrogen (secondary N) is 1. The van der Waals surface area contributed by atoms with Gasteiger partial charge in [-0.2, -0.15) is 0 Å². The number of pyridine rings is 1. The van der Waals surface area contributed by atoms with Gasteiger partial charge in [0.1, 0.15) is 5.82 Å². The maximum absolute atomic E-state index is 12.1. The minimum absolute atomic E-state index is 0.202. The molecule has 6 heteroatoms. The van der Waals surface area contributed by atoms with E-state index in [2.05, 4.69) is 31.1 Å². The van der Waals surface area contributed by atoms with Gasteiger partial charge in [0.25, 0.3) is 0 Å². The molecule has 1 aliphatic carbocycles. The summed E-state index contributed by atoms with van der Waals surface area (Å²) >= 11 is 9.65. The van der Waals surface area contributed by atoms with Crippen molar-refractivity contribution in [2.75, 3.05) is 18.0 Å². The van der Waals surface area contributed by atoms with E-state index in [1.807, 2.05) is 6.07 Å². The van der Waals surface area contributed by atoms with E-state index in [-0.39, 0.29) is 17.9 Å². The first-order valence-corrected chi connectivity index (χ1v) is 8.67. The molecule has 1 aromatic rings. The van der Waals surface area contributed by atoms with E-state index in [0.717, 1.165) is 49.1 Å². The second-order valence-corrected chi connectivity index (χ2v) is 7.20. The largest absolute Gasteiger partial charge is 0.353 e. The molecule has 0 aromatic carbocycles. The quantitative estimate of drug-likeness (QED) is 0.884. The van der Waals surface area contributed by atoms with Crippen molar-refractivity contribution in [3.63, 3.8) is 0 Å². The number of rotatable bonds is 3. The SMILES string of the molecule is O=C(NC1CCCN(c2ncc(Br)cc2Cl)C1)C1CCC1. The monoisotopic (exact) mass is 371 g/mol. The van der Waals surface area contributed by atoms with Gasteiger partial charge in [-0.05, 0) is 47.7 Å². The number of piperidine rings is 1. The fourth-order valence-corrected chi connectivity index (χ4v) is 3.67. The minimum Gasteiger partial charge on any atom is -0.353 e. The lowest BCUT2D eigenvalue weighted by Gasteiger charge is -2.35. The normalized spacial score (nSPS) is 22.8. The molecule has 1 saturated heterocycles. The van der Waals surface area contributed by atoms with Crippen LogP contribution < -0.4 is 10.2 Å². The van der Waals surface area contributed by atoms with Gasteiger partial charge < -0.3 is 10.2 Å². The molecule has 1 aliphatic heterocycles. The summed E-state index contributed by atoms with van der Waals surface area (Å²) in [5.74, 6) is 1.28. The van der Waals surface area contributed by atoms with E-state index in [4.69, 9.17) is 11.6 Å². The molecule has 1 unspecified atom stereocenters. The summed E-state index contributed by atoms with van der Waals surface area (Å²) in [6.07, 6.45) is 7.11. The highest BCUT2D eigenvalue weighted by molar-refractivity contribution is 9.10. The summed E-state index contributed by atoms with van der Waals surface area (Å²) in [5, 5.41) is 3.84. The third-order valence-corrected chi connectivity index (χ3v) is 5.04. The van der Waals surface area contributed by atoms with Crippen molar-refractivity contribution in [1.82, 2.24) is 10.3 Å². The maximum atomic E-state index is 12.1. The van der Waals surface area contributed by atoms with E-state index in [1.165, 1.54) is 6.42 Å². The minimum atomic E-state index is 0.202. The lowest BCUT2D eigenvalue weighted by atomic mass is 9.84. The highest BCUT2D eigenvalue weighted by atomic mass is 79.9. The van der Waals surface area contributed by atoms with Gasteiger partial charge in [-0.1, -0.05) is 18.0 Å². The molecule has 2 fully saturated rings. The topological polar surface area (TPSA) is 45.2 Å². The second kappa shape index (κ2) is 6.53. The molecule has 21 heavy (non-hydrogen) atoms.